The highest BCUT2D eigenvalue weighted by molar-refractivity contribution is 7.98. The number of carboxylic acid groups (broad SMARTS) is 1. The molecule has 0 saturated carbocycles. The van der Waals surface area contributed by atoms with Crippen LogP contribution in [-0.4, -0.2) is 60.2 Å². The summed E-state index contributed by atoms with van der Waals surface area (Å²) in [6.07, 6.45) is 2.38. The molecule has 1 aliphatic heterocycles. The van der Waals surface area contributed by atoms with E-state index in [4.69, 9.17) is 9.84 Å². The van der Waals surface area contributed by atoms with Gasteiger partial charge in [0.2, 0.25) is 5.91 Å². The summed E-state index contributed by atoms with van der Waals surface area (Å²) >= 11 is 1.60. The molecular weight excluding hydrogens is 230 g/mol. The lowest BCUT2D eigenvalue weighted by Crippen LogP contribution is -2.44. The van der Waals surface area contributed by atoms with Crippen LogP contribution in [0.4, 0.5) is 0 Å². The molecule has 0 bridgehead atoms. The van der Waals surface area contributed by atoms with E-state index in [1.54, 1.807) is 18.8 Å². The summed E-state index contributed by atoms with van der Waals surface area (Å²) in [5, 5.41) is 8.97. The van der Waals surface area contributed by atoms with Gasteiger partial charge in [0, 0.05) is 19.2 Å². The van der Waals surface area contributed by atoms with E-state index in [0.717, 1.165) is 5.75 Å². The molecule has 0 aromatic heterocycles. The van der Waals surface area contributed by atoms with E-state index in [1.807, 2.05) is 6.26 Å². The third-order valence-corrected chi connectivity index (χ3v) is 3.39. The van der Waals surface area contributed by atoms with Crippen LogP contribution >= 0.6 is 11.8 Å². The molecule has 1 saturated heterocycles. The van der Waals surface area contributed by atoms with Crippen molar-refractivity contribution in [2.45, 2.75) is 12.5 Å². The minimum atomic E-state index is -0.896. The Balaban J connectivity index is 2.55. The first kappa shape index (κ1) is 13.3. The number of carbonyl (C=O) groups excluding carboxylic acids is 1. The fourth-order valence-corrected chi connectivity index (χ4v) is 2.09. The molecule has 6 heteroatoms. The van der Waals surface area contributed by atoms with Gasteiger partial charge in [0.05, 0.1) is 19.3 Å². The van der Waals surface area contributed by atoms with Crippen LogP contribution in [0.15, 0.2) is 0 Å². The molecule has 1 heterocycles. The monoisotopic (exact) mass is 247 g/mol. The molecular formula is C10H17NO4S. The average Bonchev–Trinajstić information content (AvgIpc) is 2.73. The molecule has 1 rings (SSSR count). The third-order valence-electron chi connectivity index (χ3n) is 2.78. The molecule has 0 aliphatic carbocycles. The van der Waals surface area contributed by atoms with Crippen LogP contribution in [0, 0.1) is 5.92 Å². The summed E-state index contributed by atoms with van der Waals surface area (Å²) in [7, 11) is 1.65. The molecule has 92 valence electrons. The maximum Gasteiger partial charge on any atom is 0.311 e. The molecule has 5 nitrogen and oxygen atoms in total. The fourth-order valence-electron chi connectivity index (χ4n) is 1.71. The Morgan fingerprint density at radius 3 is 2.75 bits per heavy atom. The van der Waals surface area contributed by atoms with E-state index in [9.17, 15) is 9.59 Å². The van der Waals surface area contributed by atoms with Crippen LogP contribution in [0.5, 0.6) is 0 Å². The summed E-state index contributed by atoms with van der Waals surface area (Å²) in [6.45, 7) is 0.513. The summed E-state index contributed by atoms with van der Waals surface area (Å²) < 4.78 is 5.13. The lowest BCUT2D eigenvalue weighted by atomic mass is 10.0. The van der Waals surface area contributed by atoms with Gasteiger partial charge in [-0.1, -0.05) is 0 Å². The van der Waals surface area contributed by atoms with Crippen molar-refractivity contribution in [2.75, 3.05) is 32.3 Å². The molecule has 1 N–H and O–H groups in total. The quantitative estimate of drug-likeness (QED) is 0.756. The first-order valence-corrected chi connectivity index (χ1v) is 6.52. The number of likely N-dealkylation sites (N-methyl/N-ethyl adjacent to an activating group) is 1. The molecule has 2 atom stereocenters. The number of hydrogen-bond donors (Lipinski definition) is 1. The predicted octanol–water partition coefficient (Wildman–Crippen LogP) is 0.297. The summed E-state index contributed by atoms with van der Waals surface area (Å²) in [4.78, 5) is 24.2. The number of thioether (sulfide) groups is 1. The minimum Gasteiger partial charge on any atom is -0.481 e. The van der Waals surface area contributed by atoms with Crippen molar-refractivity contribution in [1.29, 1.82) is 0 Å². The lowest BCUT2D eigenvalue weighted by molar-refractivity contribution is -0.144. The van der Waals surface area contributed by atoms with Crippen molar-refractivity contribution in [2.24, 2.45) is 5.92 Å². The Hall–Kier alpha value is -0.750. The largest absolute Gasteiger partial charge is 0.481 e. The van der Waals surface area contributed by atoms with Gasteiger partial charge in [-0.25, -0.2) is 0 Å². The first-order valence-electron chi connectivity index (χ1n) is 5.13. The molecule has 0 aromatic rings. The van der Waals surface area contributed by atoms with E-state index in [2.05, 4.69) is 0 Å². The maximum absolute atomic E-state index is 11.7. The zero-order valence-corrected chi connectivity index (χ0v) is 10.3. The highest BCUT2D eigenvalue weighted by Crippen LogP contribution is 2.19. The molecule has 0 radical (unpaired) electrons. The van der Waals surface area contributed by atoms with E-state index in [-0.39, 0.29) is 18.6 Å². The van der Waals surface area contributed by atoms with Gasteiger partial charge in [-0.3, -0.25) is 9.59 Å². The van der Waals surface area contributed by atoms with Crippen molar-refractivity contribution in [3.05, 3.63) is 0 Å². The fraction of sp³-hybridized carbons (Fsp3) is 0.800. The summed E-state index contributed by atoms with van der Waals surface area (Å²) in [5.74, 6) is -0.750. The Kier molecular flexibility index (Phi) is 5.08. The van der Waals surface area contributed by atoms with Gasteiger partial charge in [0.15, 0.2) is 0 Å². The van der Waals surface area contributed by atoms with Crippen LogP contribution in [0.3, 0.4) is 0 Å². The smallest absolute Gasteiger partial charge is 0.311 e. The Bertz CT molecular complexity index is 272. The van der Waals surface area contributed by atoms with E-state index >= 15 is 0 Å². The van der Waals surface area contributed by atoms with Crippen LogP contribution in [0.25, 0.3) is 0 Å². The number of nitrogens with zero attached hydrogens (tertiary/aromatic N) is 1. The van der Waals surface area contributed by atoms with Crippen molar-refractivity contribution in [1.82, 2.24) is 4.90 Å². The Labute approximate surface area is 99.1 Å². The zero-order chi connectivity index (χ0) is 12.1. The number of amides is 1. The lowest BCUT2D eigenvalue weighted by Gasteiger charge is -2.26. The molecule has 0 spiro atoms. The van der Waals surface area contributed by atoms with Gasteiger partial charge in [0.25, 0.3) is 0 Å². The number of carbonyl (C=O) groups is 2. The van der Waals surface area contributed by atoms with E-state index < -0.39 is 11.9 Å². The maximum atomic E-state index is 11.7. The van der Waals surface area contributed by atoms with Crippen molar-refractivity contribution >= 4 is 23.6 Å². The number of hydrogen-bond acceptors (Lipinski definition) is 4. The number of carboxylic acids is 1. The SMILES string of the molecule is CSCCC(=O)N(C)C1COCC1C(=O)O. The molecule has 1 fully saturated rings. The molecule has 1 amide bonds. The van der Waals surface area contributed by atoms with Gasteiger partial charge < -0.3 is 14.7 Å². The molecule has 16 heavy (non-hydrogen) atoms. The van der Waals surface area contributed by atoms with Crippen LogP contribution in [0.1, 0.15) is 6.42 Å². The summed E-state index contributed by atoms with van der Waals surface area (Å²) in [5.41, 5.74) is 0. The van der Waals surface area contributed by atoms with Gasteiger partial charge >= 0.3 is 5.97 Å². The average molecular weight is 247 g/mol. The highest BCUT2D eigenvalue weighted by atomic mass is 32.2. The molecule has 1 aliphatic rings. The zero-order valence-electron chi connectivity index (χ0n) is 9.51. The van der Waals surface area contributed by atoms with E-state index in [1.165, 1.54) is 4.90 Å². The Morgan fingerprint density at radius 1 is 1.50 bits per heavy atom. The van der Waals surface area contributed by atoms with Gasteiger partial charge in [-0.15, -0.1) is 0 Å². The minimum absolute atomic E-state index is 0.0175. The van der Waals surface area contributed by atoms with Crippen molar-refractivity contribution in [3.8, 4) is 0 Å². The number of rotatable bonds is 5. The first-order chi connectivity index (χ1) is 7.57. The number of ether oxygens (including phenoxy) is 1. The van der Waals surface area contributed by atoms with Gasteiger partial charge in [-0.2, -0.15) is 11.8 Å². The van der Waals surface area contributed by atoms with E-state index in [0.29, 0.717) is 13.0 Å². The van der Waals surface area contributed by atoms with Gasteiger partial charge in [-0.05, 0) is 6.26 Å². The second kappa shape index (κ2) is 6.10. The summed E-state index contributed by atoms with van der Waals surface area (Å²) in [6, 6.07) is -0.327. The van der Waals surface area contributed by atoms with Crippen LogP contribution in [-0.2, 0) is 14.3 Å². The normalized spacial score (nSPS) is 24.4. The molecule has 2 unspecified atom stereocenters. The Morgan fingerprint density at radius 2 is 2.19 bits per heavy atom. The van der Waals surface area contributed by atoms with Crippen LogP contribution in [0.2, 0.25) is 0 Å². The third kappa shape index (κ3) is 3.12. The standard InChI is InChI=1S/C10H17NO4S/c1-11(9(12)3-4-16-2)8-6-15-5-7(8)10(13)14/h7-8H,3-6H2,1-2H3,(H,13,14). The number of aliphatic carboxylic acids is 1. The topological polar surface area (TPSA) is 66.8 Å². The second-order valence-corrected chi connectivity index (χ2v) is 4.78. The van der Waals surface area contributed by atoms with Crippen molar-refractivity contribution in [3.63, 3.8) is 0 Å². The van der Waals surface area contributed by atoms with Crippen LogP contribution < -0.4 is 0 Å². The second-order valence-electron chi connectivity index (χ2n) is 3.80. The predicted molar refractivity (Wildman–Crippen MR) is 61.5 cm³/mol. The van der Waals surface area contributed by atoms with Crippen molar-refractivity contribution < 1.29 is 19.4 Å². The highest BCUT2D eigenvalue weighted by Gasteiger charge is 2.38. The molecule has 0 aromatic carbocycles. The van der Waals surface area contributed by atoms with Gasteiger partial charge in [0.1, 0.15) is 5.92 Å².